The molecule has 1 aromatic carbocycles. The summed E-state index contributed by atoms with van der Waals surface area (Å²) in [4.78, 5) is 31.2. The monoisotopic (exact) mass is 397 g/mol. The molecule has 1 atom stereocenters. The molecule has 146 valence electrons. The smallest absolute Gasteiger partial charge is 0.262 e. The molecule has 0 aliphatic heterocycles. The van der Waals surface area contributed by atoms with Crippen LogP contribution < -0.4 is 15.6 Å². The normalized spacial score (nSPS) is 14.8. The Hall–Kier alpha value is -2.67. The SMILES string of the molecule is CCn1cnc2sc(C(=O)NC(c3ccc(OC)cc3)C3CC3)c(C)c2c1=O. The number of carbonyl (C=O) groups is 1. The number of rotatable bonds is 6. The number of fused-ring (bicyclic) bond motifs is 1. The predicted octanol–water partition coefficient (Wildman–Crippen LogP) is 3.68. The van der Waals surface area contributed by atoms with E-state index >= 15 is 0 Å². The maximum Gasteiger partial charge on any atom is 0.262 e. The Balaban J connectivity index is 1.65. The van der Waals surface area contributed by atoms with Crippen molar-refractivity contribution in [3.63, 3.8) is 0 Å². The summed E-state index contributed by atoms with van der Waals surface area (Å²) >= 11 is 1.28. The number of ether oxygens (including phenoxy) is 1. The van der Waals surface area contributed by atoms with Crippen LogP contribution in [0.5, 0.6) is 5.75 Å². The zero-order valence-corrected chi connectivity index (χ0v) is 17.0. The van der Waals surface area contributed by atoms with E-state index in [4.69, 9.17) is 4.74 Å². The van der Waals surface area contributed by atoms with E-state index in [-0.39, 0.29) is 17.5 Å². The Morgan fingerprint density at radius 1 is 1.36 bits per heavy atom. The van der Waals surface area contributed by atoms with Crippen molar-refractivity contribution in [3.8, 4) is 5.75 Å². The van der Waals surface area contributed by atoms with Gasteiger partial charge in [0.2, 0.25) is 0 Å². The molecule has 0 bridgehead atoms. The summed E-state index contributed by atoms with van der Waals surface area (Å²) in [6.07, 6.45) is 3.75. The van der Waals surface area contributed by atoms with E-state index < -0.39 is 0 Å². The van der Waals surface area contributed by atoms with E-state index in [0.717, 1.165) is 24.2 Å². The molecule has 4 rings (SSSR count). The van der Waals surface area contributed by atoms with Gasteiger partial charge in [0.1, 0.15) is 10.6 Å². The topological polar surface area (TPSA) is 73.2 Å². The first-order valence-corrected chi connectivity index (χ1v) is 10.3. The van der Waals surface area contributed by atoms with Gasteiger partial charge in [-0.1, -0.05) is 12.1 Å². The molecule has 0 radical (unpaired) electrons. The highest BCUT2D eigenvalue weighted by atomic mass is 32.1. The van der Waals surface area contributed by atoms with Crippen molar-refractivity contribution in [2.75, 3.05) is 7.11 Å². The molecule has 1 aliphatic carbocycles. The molecule has 1 N–H and O–H groups in total. The van der Waals surface area contributed by atoms with E-state index in [1.54, 1.807) is 18.0 Å². The molecule has 28 heavy (non-hydrogen) atoms. The molecule has 6 nitrogen and oxygen atoms in total. The fourth-order valence-corrected chi connectivity index (χ4v) is 4.56. The fraction of sp³-hybridized carbons (Fsp3) is 0.381. The summed E-state index contributed by atoms with van der Waals surface area (Å²) in [5, 5.41) is 3.74. The highest BCUT2D eigenvalue weighted by Gasteiger charge is 2.34. The molecule has 3 aromatic rings. The molecule has 1 saturated carbocycles. The van der Waals surface area contributed by atoms with Gasteiger partial charge < -0.3 is 10.1 Å². The van der Waals surface area contributed by atoms with Crippen LogP contribution in [0.3, 0.4) is 0 Å². The number of carbonyl (C=O) groups excluding carboxylic acids is 1. The highest BCUT2D eigenvalue weighted by molar-refractivity contribution is 7.20. The average Bonchev–Trinajstić information content (AvgIpc) is 3.49. The zero-order chi connectivity index (χ0) is 19.8. The Kier molecular flexibility index (Phi) is 4.93. The first-order chi connectivity index (χ1) is 13.5. The number of nitrogens with one attached hydrogen (secondary N) is 1. The lowest BCUT2D eigenvalue weighted by Crippen LogP contribution is -2.29. The molecule has 2 heterocycles. The van der Waals surface area contributed by atoms with Crippen LogP contribution in [0.1, 0.15) is 46.6 Å². The summed E-state index contributed by atoms with van der Waals surface area (Å²) in [6.45, 7) is 4.29. The number of aryl methyl sites for hydroxylation is 2. The average molecular weight is 398 g/mol. The van der Waals surface area contributed by atoms with E-state index in [1.807, 2.05) is 38.1 Å². The summed E-state index contributed by atoms with van der Waals surface area (Å²) in [5.41, 5.74) is 1.69. The van der Waals surface area contributed by atoms with Gasteiger partial charge in [0, 0.05) is 6.54 Å². The lowest BCUT2D eigenvalue weighted by molar-refractivity contribution is 0.0935. The number of methoxy groups -OCH3 is 1. The van der Waals surface area contributed by atoms with Crippen LogP contribution in [-0.4, -0.2) is 22.6 Å². The quantitative estimate of drug-likeness (QED) is 0.689. The first kappa shape index (κ1) is 18.7. The third-order valence-corrected chi connectivity index (χ3v) is 6.52. The minimum atomic E-state index is -0.143. The van der Waals surface area contributed by atoms with Gasteiger partial charge in [-0.15, -0.1) is 11.3 Å². The molecule has 7 heteroatoms. The van der Waals surface area contributed by atoms with Crippen LogP contribution in [0.15, 0.2) is 35.4 Å². The van der Waals surface area contributed by atoms with Crippen molar-refractivity contribution in [2.45, 2.75) is 39.3 Å². The molecular weight excluding hydrogens is 374 g/mol. The van der Waals surface area contributed by atoms with Gasteiger partial charge in [-0.05, 0) is 55.9 Å². The Bertz CT molecular complexity index is 1080. The maximum absolute atomic E-state index is 13.1. The minimum absolute atomic E-state index is 0.0386. The van der Waals surface area contributed by atoms with Gasteiger partial charge in [0.15, 0.2) is 0 Å². The maximum atomic E-state index is 13.1. The van der Waals surface area contributed by atoms with Crippen molar-refractivity contribution >= 4 is 27.5 Å². The molecule has 2 aromatic heterocycles. The second-order valence-electron chi connectivity index (χ2n) is 7.13. The number of aromatic nitrogens is 2. The second-order valence-corrected chi connectivity index (χ2v) is 8.13. The van der Waals surface area contributed by atoms with Crippen molar-refractivity contribution < 1.29 is 9.53 Å². The van der Waals surface area contributed by atoms with Crippen molar-refractivity contribution in [1.82, 2.24) is 14.9 Å². The molecule has 0 spiro atoms. The largest absolute Gasteiger partial charge is 0.497 e. The van der Waals surface area contributed by atoms with Crippen LogP contribution in [0.4, 0.5) is 0 Å². The summed E-state index contributed by atoms with van der Waals surface area (Å²) < 4.78 is 6.79. The Morgan fingerprint density at radius 3 is 2.68 bits per heavy atom. The molecule has 1 unspecified atom stereocenters. The van der Waals surface area contributed by atoms with Gasteiger partial charge in [-0.3, -0.25) is 14.2 Å². The molecular formula is C21H23N3O3S. The lowest BCUT2D eigenvalue weighted by atomic mass is 10.0. The minimum Gasteiger partial charge on any atom is -0.497 e. The Labute approximate surface area is 167 Å². The molecule has 1 aliphatic rings. The zero-order valence-electron chi connectivity index (χ0n) is 16.2. The van der Waals surface area contributed by atoms with Gasteiger partial charge in [0.25, 0.3) is 11.5 Å². The van der Waals surface area contributed by atoms with E-state index in [1.165, 1.54) is 11.3 Å². The van der Waals surface area contributed by atoms with Crippen molar-refractivity contribution in [3.05, 3.63) is 57.0 Å². The number of hydrogen-bond acceptors (Lipinski definition) is 5. The standard InChI is InChI=1S/C21H23N3O3S/c1-4-24-11-22-20-16(21(24)26)12(2)18(28-20)19(25)23-17(13-5-6-13)14-7-9-15(27-3)10-8-14/h7-11,13,17H,4-6H2,1-3H3,(H,23,25). The van der Waals surface area contributed by atoms with Crippen molar-refractivity contribution in [1.29, 1.82) is 0 Å². The van der Waals surface area contributed by atoms with Gasteiger partial charge in [-0.2, -0.15) is 0 Å². The van der Waals surface area contributed by atoms with E-state index in [2.05, 4.69) is 10.3 Å². The van der Waals surface area contributed by atoms with Gasteiger partial charge in [0.05, 0.1) is 29.7 Å². The molecule has 0 saturated heterocycles. The summed E-state index contributed by atoms with van der Waals surface area (Å²) in [6, 6.07) is 7.79. The highest BCUT2D eigenvalue weighted by Crippen LogP contribution is 2.41. The van der Waals surface area contributed by atoms with E-state index in [9.17, 15) is 9.59 Å². The predicted molar refractivity (Wildman–Crippen MR) is 110 cm³/mol. The van der Waals surface area contributed by atoms with Gasteiger partial charge in [-0.25, -0.2) is 4.98 Å². The first-order valence-electron chi connectivity index (χ1n) is 9.46. The fourth-order valence-electron chi connectivity index (χ4n) is 3.52. The van der Waals surface area contributed by atoms with Crippen LogP contribution in [0.25, 0.3) is 10.2 Å². The summed E-state index contributed by atoms with van der Waals surface area (Å²) in [7, 11) is 1.64. The number of thiophene rings is 1. The number of hydrogen-bond donors (Lipinski definition) is 1. The third kappa shape index (κ3) is 3.30. The van der Waals surface area contributed by atoms with Crippen LogP contribution in [-0.2, 0) is 6.54 Å². The number of nitrogens with zero attached hydrogens (tertiary/aromatic N) is 2. The van der Waals surface area contributed by atoms with Crippen LogP contribution in [0.2, 0.25) is 0 Å². The second kappa shape index (κ2) is 7.39. The third-order valence-electron chi connectivity index (χ3n) is 5.32. The lowest BCUT2D eigenvalue weighted by Gasteiger charge is -2.19. The van der Waals surface area contributed by atoms with Crippen LogP contribution >= 0.6 is 11.3 Å². The number of benzene rings is 1. The molecule has 1 fully saturated rings. The van der Waals surface area contributed by atoms with Crippen LogP contribution in [0, 0.1) is 12.8 Å². The molecule has 1 amide bonds. The van der Waals surface area contributed by atoms with Crippen molar-refractivity contribution in [2.24, 2.45) is 5.92 Å². The van der Waals surface area contributed by atoms with E-state index in [0.29, 0.717) is 33.1 Å². The van der Waals surface area contributed by atoms with Gasteiger partial charge >= 0.3 is 0 Å². The number of amides is 1. The summed E-state index contributed by atoms with van der Waals surface area (Å²) in [5.74, 6) is 1.10. The Morgan fingerprint density at radius 2 is 2.07 bits per heavy atom.